The van der Waals surface area contributed by atoms with Gasteiger partial charge in [0.05, 0.1) is 6.21 Å². The van der Waals surface area contributed by atoms with E-state index in [1.54, 1.807) is 30.5 Å². The molecule has 1 amide bonds. The van der Waals surface area contributed by atoms with E-state index < -0.39 is 0 Å². The molecule has 0 unspecified atom stereocenters. The van der Waals surface area contributed by atoms with Crippen molar-refractivity contribution in [2.45, 2.75) is 6.61 Å². The predicted molar refractivity (Wildman–Crippen MR) is 109 cm³/mol. The van der Waals surface area contributed by atoms with Gasteiger partial charge in [0.15, 0.2) is 0 Å². The Bertz CT molecular complexity index is 939. The van der Waals surface area contributed by atoms with Crippen molar-refractivity contribution in [3.8, 4) is 5.75 Å². The minimum absolute atomic E-state index is 0.307. The Balaban J connectivity index is 1.56. The smallest absolute Gasteiger partial charge is 0.271 e. The Morgan fingerprint density at radius 2 is 1.63 bits per heavy atom. The fourth-order valence-electron chi connectivity index (χ4n) is 2.26. The summed E-state index contributed by atoms with van der Waals surface area (Å²) in [5.74, 6) is 0.399. The number of hydrazone groups is 1. The first-order valence-electron chi connectivity index (χ1n) is 8.16. The predicted octanol–water partition coefficient (Wildman–Crippen LogP) is 5.34. The first-order valence-corrected chi connectivity index (χ1v) is 8.92. The lowest BCUT2D eigenvalue weighted by Crippen LogP contribution is -2.17. The van der Waals surface area contributed by atoms with Gasteiger partial charge in [-0.3, -0.25) is 4.79 Å². The van der Waals surface area contributed by atoms with Crippen LogP contribution >= 0.6 is 23.2 Å². The quantitative estimate of drug-likeness (QED) is 0.450. The minimum Gasteiger partial charge on any atom is -0.489 e. The molecule has 3 rings (SSSR count). The Morgan fingerprint density at radius 1 is 0.963 bits per heavy atom. The molecule has 0 spiro atoms. The number of nitrogens with one attached hydrogen (secondary N) is 1. The first kappa shape index (κ1) is 19.0. The summed E-state index contributed by atoms with van der Waals surface area (Å²) in [7, 11) is 0. The monoisotopic (exact) mass is 398 g/mol. The maximum absolute atomic E-state index is 12.0. The van der Waals surface area contributed by atoms with E-state index in [9.17, 15) is 4.79 Å². The lowest BCUT2D eigenvalue weighted by Gasteiger charge is -2.07. The molecule has 0 aliphatic heterocycles. The highest BCUT2D eigenvalue weighted by molar-refractivity contribution is 6.30. The van der Waals surface area contributed by atoms with Crippen molar-refractivity contribution in [2.24, 2.45) is 5.10 Å². The summed E-state index contributed by atoms with van der Waals surface area (Å²) >= 11 is 11.7. The molecule has 0 aromatic heterocycles. The number of benzene rings is 3. The highest BCUT2D eigenvalue weighted by Gasteiger charge is 2.03. The van der Waals surface area contributed by atoms with Gasteiger partial charge in [-0.2, -0.15) is 5.10 Å². The third-order valence-corrected chi connectivity index (χ3v) is 4.17. The average Bonchev–Trinajstić information content (AvgIpc) is 2.68. The van der Waals surface area contributed by atoms with Crippen molar-refractivity contribution in [3.05, 3.63) is 99.5 Å². The molecule has 0 heterocycles. The van der Waals surface area contributed by atoms with Gasteiger partial charge in [-0.05, 0) is 59.7 Å². The molecule has 0 saturated heterocycles. The minimum atomic E-state index is -0.307. The van der Waals surface area contributed by atoms with E-state index in [2.05, 4.69) is 10.5 Å². The SMILES string of the molecule is O=C(NN=Cc1cccc(OCc2ccc(Cl)cc2)c1)c1ccc(Cl)cc1. The molecule has 0 saturated carbocycles. The lowest BCUT2D eigenvalue weighted by atomic mass is 10.2. The van der Waals surface area contributed by atoms with Crippen molar-refractivity contribution < 1.29 is 9.53 Å². The van der Waals surface area contributed by atoms with Crippen LogP contribution in [0.25, 0.3) is 0 Å². The molecule has 6 heteroatoms. The van der Waals surface area contributed by atoms with Crippen LogP contribution in [0, 0.1) is 0 Å². The van der Waals surface area contributed by atoms with Gasteiger partial charge in [0.25, 0.3) is 5.91 Å². The number of carbonyl (C=O) groups is 1. The summed E-state index contributed by atoms with van der Waals surface area (Å²) in [6.07, 6.45) is 1.56. The average molecular weight is 399 g/mol. The van der Waals surface area contributed by atoms with Gasteiger partial charge in [-0.15, -0.1) is 0 Å². The van der Waals surface area contributed by atoms with Crippen LogP contribution in [0.15, 0.2) is 77.9 Å². The van der Waals surface area contributed by atoms with Crippen LogP contribution in [0.3, 0.4) is 0 Å². The van der Waals surface area contributed by atoms with Gasteiger partial charge in [0.2, 0.25) is 0 Å². The summed E-state index contributed by atoms with van der Waals surface area (Å²) in [4.78, 5) is 12.0. The molecule has 0 radical (unpaired) electrons. The van der Waals surface area contributed by atoms with Gasteiger partial charge < -0.3 is 4.74 Å². The number of ether oxygens (including phenoxy) is 1. The molecule has 1 N–H and O–H groups in total. The number of hydrogen-bond donors (Lipinski definition) is 1. The van der Waals surface area contributed by atoms with Crippen molar-refractivity contribution in [2.75, 3.05) is 0 Å². The van der Waals surface area contributed by atoms with Gasteiger partial charge >= 0.3 is 0 Å². The zero-order chi connectivity index (χ0) is 19.1. The molecule has 0 atom stereocenters. The molecule has 136 valence electrons. The van der Waals surface area contributed by atoms with Crippen molar-refractivity contribution >= 4 is 35.3 Å². The zero-order valence-electron chi connectivity index (χ0n) is 14.2. The number of carbonyl (C=O) groups excluding carboxylic acids is 1. The largest absolute Gasteiger partial charge is 0.489 e. The fourth-order valence-corrected chi connectivity index (χ4v) is 2.52. The van der Waals surface area contributed by atoms with Gasteiger partial charge in [0.1, 0.15) is 12.4 Å². The number of amides is 1. The third kappa shape index (κ3) is 5.84. The molecule has 0 bridgehead atoms. The standard InChI is InChI=1S/C21H16Cl2N2O2/c22-18-8-4-15(5-9-18)14-27-20-3-1-2-16(12-20)13-24-25-21(26)17-6-10-19(23)11-7-17/h1-13H,14H2,(H,25,26). The van der Waals surface area contributed by atoms with E-state index in [0.29, 0.717) is 28.0 Å². The Morgan fingerprint density at radius 3 is 2.33 bits per heavy atom. The summed E-state index contributed by atoms with van der Waals surface area (Å²) in [6, 6.07) is 21.5. The summed E-state index contributed by atoms with van der Waals surface area (Å²) < 4.78 is 5.78. The van der Waals surface area contributed by atoms with E-state index in [-0.39, 0.29) is 5.91 Å². The van der Waals surface area contributed by atoms with Gasteiger partial charge in [0, 0.05) is 15.6 Å². The maximum atomic E-state index is 12.0. The molecule has 4 nitrogen and oxygen atoms in total. The second-order valence-electron chi connectivity index (χ2n) is 5.69. The molecule has 27 heavy (non-hydrogen) atoms. The van der Waals surface area contributed by atoms with Crippen LogP contribution in [0.1, 0.15) is 21.5 Å². The summed E-state index contributed by atoms with van der Waals surface area (Å²) in [6.45, 7) is 0.436. The van der Waals surface area contributed by atoms with Crippen LogP contribution < -0.4 is 10.2 Å². The van der Waals surface area contributed by atoms with Crippen molar-refractivity contribution in [3.63, 3.8) is 0 Å². The van der Waals surface area contributed by atoms with Crippen LogP contribution in [0.4, 0.5) is 0 Å². The van der Waals surface area contributed by atoms with E-state index in [1.165, 1.54) is 0 Å². The molecule has 3 aromatic carbocycles. The molecular weight excluding hydrogens is 383 g/mol. The number of halogens is 2. The third-order valence-electron chi connectivity index (χ3n) is 3.66. The second-order valence-corrected chi connectivity index (χ2v) is 6.57. The molecule has 0 aliphatic rings. The van der Waals surface area contributed by atoms with E-state index in [0.717, 1.165) is 11.1 Å². The van der Waals surface area contributed by atoms with Crippen molar-refractivity contribution in [1.82, 2.24) is 5.43 Å². The van der Waals surface area contributed by atoms with E-state index in [1.807, 2.05) is 48.5 Å². The Kier molecular flexibility index (Phi) is 6.47. The van der Waals surface area contributed by atoms with Gasteiger partial charge in [-0.1, -0.05) is 47.5 Å². The zero-order valence-corrected chi connectivity index (χ0v) is 15.7. The summed E-state index contributed by atoms with van der Waals surface area (Å²) in [5, 5.41) is 5.25. The number of nitrogens with zero attached hydrogens (tertiary/aromatic N) is 1. The number of hydrogen-bond acceptors (Lipinski definition) is 3. The van der Waals surface area contributed by atoms with Crippen molar-refractivity contribution in [1.29, 1.82) is 0 Å². The highest BCUT2D eigenvalue weighted by Crippen LogP contribution is 2.16. The molecule has 0 aliphatic carbocycles. The maximum Gasteiger partial charge on any atom is 0.271 e. The van der Waals surface area contributed by atoms with E-state index in [4.69, 9.17) is 27.9 Å². The summed E-state index contributed by atoms with van der Waals surface area (Å²) in [5.41, 5.74) is 4.79. The van der Waals surface area contributed by atoms with Crippen LogP contribution in [0.2, 0.25) is 10.0 Å². The van der Waals surface area contributed by atoms with Crippen LogP contribution in [-0.4, -0.2) is 12.1 Å². The normalized spacial score (nSPS) is 10.7. The molecular formula is C21H16Cl2N2O2. The fraction of sp³-hybridized carbons (Fsp3) is 0.0476. The highest BCUT2D eigenvalue weighted by atomic mass is 35.5. The Labute approximate surface area is 167 Å². The number of rotatable bonds is 6. The lowest BCUT2D eigenvalue weighted by molar-refractivity contribution is 0.0955. The van der Waals surface area contributed by atoms with Crippen LogP contribution in [0.5, 0.6) is 5.75 Å². The first-order chi connectivity index (χ1) is 13.1. The molecule has 0 fully saturated rings. The topological polar surface area (TPSA) is 50.7 Å². The van der Waals surface area contributed by atoms with E-state index >= 15 is 0 Å². The van der Waals surface area contributed by atoms with Crippen LogP contribution in [-0.2, 0) is 6.61 Å². The van der Waals surface area contributed by atoms with Gasteiger partial charge in [-0.25, -0.2) is 5.43 Å². The molecule has 3 aromatic rings. The Hall–Kier alpha value is -2.82. The second kappa shape index (κ2) is 9.21.